The number of carbonyl (C=O) groups is 1. The molecule has 162 valence electrons. The fraction of sp³-hybridized carbons (Fsp3) is 0.130. The average molecular weight is 502 g/mol. The molecule has 0 atom stereocenters. The number of anilines is 1. The lowest BCUT2D eigenvalue weighted by atomic mass is 9.94. The minimum atomic E-state index is -4.57. The number of hydrogen-bond acceptors (Lipinski definition) is 3. The summed E-state index contributed by atoms with van der Waals surface area (Å²) in [6, 6.07) is 15.1. The van der Waals surface area contributed by atoms with Gasteiger partial charge in [-0.05, 0) is 64.8 Å². The summed E-state index contributed by atoms with van der Waals surface area (Å²) in [7, 11) is 0. The van der Waals surface area contributed by atoms with Gasteiger partial charge in [0.05, 0.1) is 23.3 Å². The summed E-state index contributed by atoms with van der Waals surface area (Å²) in [5.74, 6) is 0.302. The first kappa shape index (κ1) is 20.6. The maximum Gasteiger partial charge on any atom is 0.435 e. The van der Waals surface area contributed by atoms with E-state index in [2.05, 4.69) is 26.3 Å². The summed E-state index contributed by atoms with van der Waals surface area (Å²) in [6.07, 6.45) is -2.52. The van der Waals surface area contributed by atoms with Crippen LogP contribution in [0, 0.1) is 0 Å². The number of fused-ring (bicyclic) bond motifs is 3. The minimum absolute atomic E-state index is 0.155. The number of para-hydroxylation sites is 1. The first-order chi connectivity index (χ1) is 15.3. The number of rotatable bonds is 3. The van der Waals surface area contributed by atoms with Crippen molar-refractivity contribution in [1.29, 1.82) is 0 Å². The SMILES string of the molecule is O=C(Nc1ccccc1Br)c1ccc(-n2nc(C(F)(F)F)c3c2-c2ccoc2CC3)cc1. The van der Waals surface area contributed by atoms with E-state index in [1.807, 2.05) is 12.1 Å². The van der Waals surface area contributed by atoms with Crippen molar-refractivity contribution in [2.24, 2.45) is 0 Å². The van der Waals surface area contributed by atoms with Crippen LogP contribution in [0.1, 0.15) is 27.4 Å². The number of carbonyl (C=O) groups excluding carboxylic acids is 1. The smallest absolute Gasteiger partial charge is 0.435 e. The lowest BCUT2D eigenvalue weighted by Crippen LogP contribution is -2.12. The van der Waals surface area contributed by atoms with Crippen molar-refractivity contribution in [3.05, 3.63) is 87.9 Å². The van der Waals surface area contributed by atoms with Crippen molar-refractivity contribution in [3.63, 3.8) is 0 Å². The largest absolute Gasteiger partial charge is 0.469 e. The number of alkyl halides is 3. The zero-order valence-electron chi connectivity index (χ0n) is 16.4. The molecule has 9 heteroatoms. The molecule has 1 N–H and O–H groups in total. The highest BCUT2D eigenvalue weighted by Crippen LogP contribution is 2.42. The van der Waals surface area contributed by atoms with E-state index in [1.54, 1.807) is 42.5 Å². The van der Waals surface area contributed by atoms with Crippen LogP contribution in [0.25, 0.3) is 16.9 Å². The highest BCUT2D eigenvalue weighted by atomic mass is 79.9. The predicted octanol–water partition coefficient (Wildman–Crippen LogP) is 6.26. The van der Waals surface area contributed by atoms with Crippen molar-refractivity contribution >= 4 is 27.5 Å². The molecule has 0 spiro atoms. The highest BCUT2D eigenvalue weighted by Gasteiger charge is 2.41. The normalized spacial score (nSPS) is 12.9. The predicted molar refractivity (Wildman–Crippen MR) is 116 cm³/mol. The Morgan fingerprint density at radius 3 is 2.53 bits per heavy atom. The number of nitrogens with zero attached hydrogens (tertiary/aromatic N) is 2. The molecule has 1 aliphatic rings. The summed E-state index contributed by atoms with van der Waals surface area (Å²) in [4.78, 5) is 12.6. The third-order valence-electron chi connectivity index (χ3n) is 5.35. The fourth-order valence-electron chi connectivity index (χ4n) is 3.87. The summed E-state index contributed by atoms with van der Waals surface area (Å²) in [5, 5.41) is 6.71. The molecule has 0 unspecified atom stereocenters. The van der Waals surface area contributed by atoms with Gasteiger partial charge in [0, 0.05) is 27.6 Å². The van der Waals surface area contributed by atoms with Crippen LogP contribution in [0.2, 0.25) is 0 Å². The van der Waals surface area contributed by atoms with Crippen LogP contribution in [0.5, 0.6) is 0 Å². The lowest BCUT2D eigenvalue weighted by Gasteiger charge is -2.15. The van der Waals surface area contributed by atoms with Crippen molar-refractivity contribution in [2.45, 2.75) is 19.0 Å². The number of halogens is 4. The second kappa shape index (κ2) is 7.67. The van der Waals surface area contributed by atoms with Crippen LogP contribution in [-0.2, 0) is 19.0 Å². The summed E-state index contributed by atoms with van der Waals surface area (Å²) >= 11 is 3.38. The van der Waals surface area contributed by atoms with Crippen LogP contribution in [0.15, 0.2) is 69.8 Å². The second-order valence-corrected chi connectivity index (χ2v) is 8.18. The molecular formula is C23H15BrF3N3O2. The van der Waals surface area contributed by atoms with Crippen LogP contribution < -0.4 is 5.32 Å². The van der Waals surface area contributed by atoms with Gasteiger partial charge >= 0.3 is 6.18 Å². The Hall–Kier alpha value is -3.33. The average Bonchev–Trinajstić information content (AvgIpc) is 3.39. The van der Waals surface area contributed by atoms with E-state index < -0.39 is 11.9 Å². The quantitative estimate of drug-likeness (QED) is 0.360. The zero-order valence-corrected chi connectivity index (χ0v) is 18.0. The van der Waals surface area contributed by atoms with Gasteiger partial charge in [0.25, 0.3) is 5.91 Å². The van der Waals surface area contributed by atoms with E-state index in [0.717, 1.165) is 4.47 Å². The van der Waals surface area contributed by atoms with Crippen LogP contribution >= 0.6 is 15.9 Å². The van der Waals surface area contributed by atoms with Crippen LogP contribution in [0.3, 0.4) is 0 Å². The zero-order chi connectivity index (χ0) is 22.5. The molecule has 0 saturated carbocycles. The van der Waals surface area contributed by atoms with Crippen LogP contribution in [0.4, 0.5) is 18.9 Å². The van der Waals surface area contributed by atoms with E-state index >= 15 is 0 Å². The Balaban J connectivity index is 1.52. The standard InChI is InChI=1S/C23H15BrF3N3O2/c24-17-3-1-2-4-18(17)28-22(31)13-5-7-14(8-6-13)30-20-15-11-12-32-19(15)10-9-16(20)21(29-30)23(25,26)27/h1-8,11-12H,9-10H2,(H,28,31). The van der Waals surface area contributed by atoms with Crippen molar-refractivity contribution in [1.82, 2.24) is 9.78 Å². The summed E-state index contributed by atoms with van der Waals surface area (Å²) in [6.45, 7) is 0. The van der Waals surface area contributed by atoms with E-state index in [9.17, 15) is 18.0 Å². The molecule has 0 fully saturated rings. The Morgan fingerprint density at radius 1 is 1.06 bits per heavy atom. The molecule has 0 saturated heterocycles. The van der Waals surface area contributed by atoms with Crippen molar-refractivity contribution in [3.8, 4) is 16.9 Å². The fourth-order valence-corrected chi connectivity index (χ4v) is 4.26. The third-order valence-corrected chi connectivity index (χ3v) is 6.04. The van der Waals surface area contributed by atoms with Gasteiger partial charge in [-0.1, -0.05) is 12.1 Å². The Kier molecular flexibility index (Phi) is 4.93. The van der Waals surface area contributed by atoms with Gasteiger partial charge in [-0.25, -0.2) is 4.68 Å². The van der Waals surface area contributed by atoms with E-state index in [0.29, 0.717) is 40.4 Å². The van der Waals surface area contributed by atoms with Gasteiger partial charge in [0.1, 0.15) is 5.76 Å². The van der Waals surface area contributed by atoms with E-state index in [-0.39, 0.29) is 17.9 Å². The number of aryl methyl sites for hydroxylation is 1. The Labute approximate surface area is 189 Å². The molecule has 5 rings (SSSR count). The van der Waals surface area contributed by atoms with Crippen molar-refractivity contribution in [2.75, 3.05) is 5.32 Å². The monoisotopic (exact) mass is 501 g/mol. The molecule has 32 heavy (non-hydrogen) atoms. The number of nitrogens with one attached hydrogen (secondary N) is 1. The van der Waals surface area contributed by atoms with Gasteiger partial charge in [-0.3, -0.25) is 4.79 Å². The van der Waals surface area contributed by atoms with Gasteiger partial charge in [-0.15, -0.1) is 0 Å². The van der Waals surface area contributed by atoms with Gasteiger partial charge in [0.2, 0.25) is 0 Å². The molecule has 5 nitrogen and oxygen atoms in total. The maximum atomic E-state index is 13.7. The molecule has 4 aromatic rings. The molecule has 2 heterocycles. The minimum Gasteiger partial charge on any atom is -0.469 e. The summed E-state index contributed by atoms with van der Waals surface area (Å²) < 4.78 is 48.4. The van der Waals surface area contributed by atoms with Crippen molar-refractivity contribution < 1.29 is 22.4 Å². The molecular weight excluding hydrogens is 487 g/mol. The summed E-state index contributed by atoms with van der Waals surface area (Å²) in [5.41, 5.74) is 1.64. The second-order valence-electron chi connectivity index (χ2n) is 7.32. The maximum absolute atomic E-state index is 13.7. The first-order valence-corrected chi connectivity index (χ1v) is 10.5. The number of amides is 1. The van der Waals surface area contributed by atoms with Gasteiger partial charge in [-0.2, -0.15) is 18.3 Å². The third kappa shape index (κ3) is 3.52. The van der Waals surface area contributed by atoms with Gasteiger partial charge < -0.3 is 9.73 Å². The number of furan rings is 1. The molecule has 1 aliphatic carbocycles. The topological polar surface area (TPSA) is 60.1 Å². The van der Waals surface area contributed by atoms with Gasteiger partial charge in [0.15, 0.2) is 5.69 Å². The van der Waals surface area contributed by atoms with E-state index in [4.69, 9.17) is 4.42 Å². The number of benzene rings is 2. The van der Waals surface area contributed by atoms with E-state index in [1.165, 1.54) is 10.9 Å². The molecule has 0 aliphatic heterocycles. The highest BCUT2D eigenvalue weighted by molar-refractivity contribution is 9.10. The molecule has 0 radical (unpaired) electrons. The first-order valence-electron chi connectivity index (χ1n) is 9.75. The molecule has 1 amide bonds. The molecule has 2 aromatic heterocycles. The molecule has 0 bridgehead atoms. The number of hydrogen-bond donors (Lipinski definition) is 1. The Bertz CT molecular complexity index is 1320. The Morgan fingerprint density at radius 2 is 1.81 bits per heavy atom. The number of aromatic nitrogens is 2. The molecule has 2 aromatic carbocycles. The van der Waals surface area contributed by atoms with Crippen LogP contribution in [-0.4, -0.2) is 15.7 Å². The lowest BCUT2D eigenvalue weighted by molar-refractivity contribution is -0.142.